The van der Waals surface area contributed by atoms with E-state index in [0.29, 0.717) is 5.82 Å². The molecule has 2 heterocycles. The van der Waals surface area contributed by atoms with E-state index in [1.54, 1.807) is 0 Å². The molecule has 0 saturated carbocycles. The van der Waals surface area contributed by atoms with E-state index in [2.05, 4.69) is 4.98 Å². The van der Waals surface area contributed by atoms with Crippen LogP contribution in [0.25, 0.3) is 0 Å². The maximum absolute atomic E-state index is 5.49. The predicted octanol–water partition coefficient (Wildman–Crippen LogP) is 0.989. The monoisotopic (exact) mass is 150 g/mol. The molecule has 1 aliphatic rings. The molecule has 0 aromatic carbocycles. The molecule has 11 heavy (non-hydrogen) atoms. The minimum atomic E-state index is 0.533. The van der Waals surface area contributed by atoms with Gasteiger partial charge in [0.1, 0.15) is 5.82 Å². The Balaban J connectivity index is 2.43. The Bertz CT molecular complexity index is 273. The molecule has 0 atom stereocenters. The molecule has 0 spiro atoms. The highest BCUT2D eigenvalue weighted by atomic mass is 16.5. The van der Waals surface area contributed by atoms with Gasteiger partial charge >= 0.3 is 0 Å². The first-order valence-corrected chi connectivity index (χ1v) is 3.74. The van der Waals surface area contributed by atoms with E-state index in [4.69, 9.17) is 10.5 Å². The number of aromatic nitrogens is 1. The van der Waals surface area contributed by atoms with Crippen molar-refractivity contribution < 1.29 is 4.74 Å². The fourth-order valence-corrected chi connectivity index (χ4v) is 1.23. The number of nitrogen functional groups attached to an aromatic ring is 1. The van der Waals surface area contributed by atoms with Crippen LogP contribution < -0.4 is 10.5 Å². The second kappa shape index (κ2) is 2.42. The third-order valence-corrected chi connectivity index (χ3v) is 1.79. The number of hydrogen-bond acceptors (Lipinski definition) is 3. The van der Waals surface area contributed by atoms with E-state index in [-0.39, 0.29) is 0 Å². The molecule has 0 fully saturated rings. The van der Waals surface area contributed by atoms with E-state index >= 15 is 0 Å². The molecule has 3 heteroatoms. The number of pyridine rings is 1. The van der Waals surface area contributed by atoms with Gasteiger partial charge in [0.2, 0.25) is 5.88 Å². The van der Waals surface area contributed by atoms with Crippen LogP contribution in [-0.2, 0) is 6.42 Å². The van der Waals surface area contributed by atoms with Gasteiger partial charge in [0.15, 0.2) is 0 Å². The van der Waals surface area contributed by atoms with Crippen LogP contribution in [0.2, 0.25) is 0 Å². The van der Waals surface area contributed by atoms with Crippen LogP contribution in [0.5, 0.6) is 5.88 Å². The first-order chi connectivity index (χ1) is 5.36. The number of rotatable bonds is 0. The van der Waals surface area contributed by atoms with Gasteiger partial charge in [-0.2, -0.15) is 4.98 Å². The molecule has 0 bridgehead atoms. The highest BCUT2D eigenvalue weighted by Gasteiger charge is 2.10. The zero-order valence-electron chi connectivity index (χ0n) is 6.21. The van der Waals surface area contributed by atoms with Crippen molar-refractivity contribution >= 4 is 5.82 Å². The third kappa shape index (κ3) is 1.13. The van der Waals surface area contributed by atoms with Gasteiger partial charge in [0.05, 0.1) is 6.61 Å². The van der Waals surface area contributed by atoms with Gasteiger partial charge in [-0.1, -0.05) is 0 Å². The molecule has 1 aromatic rings. The van der Waals surface area contributed by atoms with Gasteiger partial charge in [0.25, 0.3) is 0 Å². The van der Waals surface area contributed by atoms with E-state index < -0.39 is 0 Å². The number of aryl methyl sites for hydroxylation is 1. The zero-order valence-corrected chi connectivity index (χ0v) is 6.21. The minimum Gasteiger partial charge on any atom is -0.477 e. The van der Waals surface area contributed by atoms with Crippen molar-refractivity contribution in [2.24, 2.45) is 0 Å². The lowest BCUT2D eigenvalue weighted by atomic mass is 10.1. The van der Waals surface area contributed by atoms with Crippen LogP contribution >= 0.6 is 0 Å². The van der Waals surface area contributed by atoms with Gasteiger partial charge in [0, 0.05) is 5.56 Å². The minimum absolute atomic E-state index is 0.533. The lowest BCUT2D eigenvalue weighted by Crippen LogP contribution is -2.10. The lowest BCUT2D eigenvalue weighted by Gasteiger charge is -2.15. The first kappa shape index (κ1) is 6.46. The standard InChI is InChI=1S/C8H10N2O/c9-7-4-3-6-2-1-5-11-8(6)10-7/h3-4H,1-2,5H2,(H2,9,10). The molecule has 2 rings (SSSR count). The Morgan fingerprint density at radius 1 is 1.45 bits per heavy atom. The maximum Gasteiger partial charge on any atom is 0.218 e. The normalized spacial score (nSPS) is 15.3. The number of nitrogens with zero attached hydrogens (tertiary/aromatic N) is 1. The first-order valence-electron chi connectivity index (χ1n) is 3.74. The van der Waals surface area contributed by atoms with Crippen LogP contribution in [0.4, 0.5) is 5.82 Å². The van der Waals surface area contributed by atoms with Crippen molar-refractivity contribution in [3.63, 3.8) is 0 Å². The van der Waals surface area contributed by atoms with Crippen molar-refractivity contribution in [1.82, 2.24) is 4.98 Å². The Kier molecular flexibility index (Phi) is 1.42. The van der Waals surface area contributed by atoms with Crippen LogP contribution in [0.3, 0.4) is 0 Å². The van der Waals surface area contributed by atoms with Crippen molar-refractivity contribution in [1.29, 1.82) is 0 Å². The van der Waals surface area contributed by atoms with Crippen LogP contribution in [0.15, 0.2) is 12.1 Å². The van der Waals surface area contributed by atoms with Gasteiger partial charge < -0.3 is 10.5 Å². The lowest BCUT2D eigenvalue weighted by molar-refractivity contribution is 0.277. The van der Waals surface area contributed by atoms with E-state index in [0.717, 1.165) is 25.3 Å². The Labute approximate surface area is 65.2 Å². The maximum atomic E-state index is 5.49. The molecular formula is C8H10N2O. The van der Waals surface area contributed by atoms with Gasteiger partial charge in [-0.05, 0) is 25.0 Å². The zero-order chi connectivity index (χ0) is 7.68. The highest BCUT2D eigenvalue weighted by molar-refractivity contribution is 5.38. The number of hydrogen-bond donors (Lipinski definition) is 1. The summed E-state index contributed by atoms with van der Waals surface area (Å²) in [4.78, 5) is 4.07. The van der Waals surface area contributed by atoms with Gasteiger partial charge in [-0.25, -0.2) is 0 Å². The number of fused-ring (bicyclic) bond motifs is 1. The van der Waals surface area contributed by atoms with Gasteiger partial charge in [-0.15, -0.1) is 0 Å². The molecule has 0 unspecified atom stereocenters. The summed E-state index contributed by atoms with van der Waals surface area (Å²) in [5.41, 5.74) is 6.66. The molecule has 2 N–H and O–H groups in total. The second-order valence-corrected chi connectivity index (χ2v) is 2.65. The largest absolute Gasteiger partial charge is 0.477 e. The third-order valence-electron chi connectivity index (χ3n) is 1.79. The molecule has 58 valence electrons. The fraction of sp³-hybridized carbons (Fsp3) is 0.375. The van der Waals surface area contributed by atoms with E-state index in [1.807, 2.05) is 12.1 Å². The molecule has 0 amide bonds. The summed E-state index contributed by atoms with van der Waals surface area (Å²) in [6, 6.07) is 3.80. The molecule has 1 aliphatic heterocycles. The van der Waals surface area contributed by atoms with Crippen molar-refractivity contribution in [3.05, 3.63) is 17.7 Å². The molecule has 0 saturated heterocycles. The summed E-state index contributed by atoms with van der Waals surface area (Å²) in [5.74, 6) is 1.25. The number of nitrogens with two attached hydrogens (primary N) is 1. The van der Waals surface area contributed by atoms with Crippen molar-refractivity contribution in [2.45, 2.75) is 12.8 Å². The quantitative estimate of drug-likeness (QED) is 0.600. The summed E-state index contributed by atoms with van der Waals surface area (Å²) in [5, 5.41) is 0. The molecule has 3 nitrogen and oxygen atoms in total. The molecular weight excluding hydrogens is 140 g/mol. The van der Waals surface area contributed by atoms with Crippen molar-refractivity contribution in [2.75, 3.05) is 12.3 Å². The topological polar surface area (TPSA) is 48.1 Å². The average molecular weight is 150 g/mol. The van der Waals surface area contributed by atoms with Crippen LogP contribution in [0, 0.1) is 0 Å². The SMILES string of the molecule is Nc1ccc2c(n1)OCCC2. The average Bonchev–Trinajstić information content (AvgIpc) is 2.04. The predicted molar refractivity (Wildman–Crippen MR) is 42.5 cm³/mol. The summed E-state index contributed by atoms with van der Waals surface area (Å²) >= 11 is 0. The van der Waals surface area contributed by atoms with Crippen molar-refractivity contribution in [3.8, 4) is 5.88 Å². The summed E-state index contributed by atoms with van der Waals surface area (Å²) in [7, 11) is 0. The Hall–Kier alpha value is -1.25. The Morgan fingerprint density at radius 2 is 2.36 bits per heavy atom. The summed E-state index contributed by atoms with van der Waals surface area (Å²) in [6.45, 7) is 0.767. The second-order valence-electron chi connectivity index (χ2n) is 2.65. The smallest absolute Gasteiger partial charge is 0.218 e. The Morgan fingerprint density at radius 3 is 3.27 bits per heavy atom. The molecule has 0 aliphatic carbocycles. The number of anilines is 1. The molecule has 1 aromatic heterocycles. The van der Waals surface area contributed by atoms with E-state index in [9.17, 15) is 0 Å². The fourth-order valence-electron chi connectivity index (χ4n) is 1.23. The van der Waals surface area contributed by atoms with Crippen LogP contribution in [-0.4, -0.2) is 11.6 Å². The summed E-state index contributed by atoms with van der Waals surface area (Å²) in [6.07, 6.45) is 2.14. The number of ether oxygens (including phenoxy) is 1. The molecule has 0 radical (unpaired) electrons. The summed E-state index contributed by atoms with van der Waals surface area (Å²) < 4.78 is 5.31. The van der Waals surface area contributed by atoms with E-state index in [1.165, 1.54) is 5.56 Å². The van der Waals surface area contributed by atoms with Gasteiger partial charge in [-0.3, -0.25) is 0 Å². The van der Waals surface area contributed by atoms with Crippen LogP contribution in [0.1, 0.15) is 12.0 Å². The highest BCUT2D eigenvalue weighted by Crippen LogP contribution is 2.22.